The fraction of sp³-hybridized carbons (Fsp3) is 0.200. The van der Waals surface area contributed by atoms with Crippen molar-refractivity contribution in [3.05, 3.63) is 64.7 Å². The van der Waals surface area contributed by atoms with Crippen molar-refractivity contribution < 1.29 is 13.5 Å². The van der Waals surface area contributed by atoms with Gasteiger partial charge in [-0.25, -0.2) is 8.78 Å². The Hall–Kier alpha value is -1.90. The van der Waals surface area contributed by atoms with Gasteiger partial charge in [0.25, 0.3) is 0 Å². The Balaban J connectivity index is 2.11. The molecule has 0 bridgehead atoms. The number of rotatable bonds is 3. The highest BCUT2D eigenvalue weighted by Gasteiger charge is 2.02. The van der Waals surface area contributed by atoms with Gasteiger partial charge in [0.2, 0.25) is 0 Å². The third-order valence-electron chi connectivity index (χ3n) is 2.52. The molecule has 0 radical (unpaired) electrons. The molecule has 94 valence electrons. The van der Waals surface area contributed by atoms with Gasteiger partial charge in [-0.1, -0.05) is 6.07 Å². The summed E-state index contributed by atoms with van der Waals surface area (Å²) < 4.78 is 31.5. The highest BCUT2D eigenvalue weighted by Crippen LogP contribution is 2.18. The minimum Gasteiger partial charge on any atom is -0.489 e. The van der Waals surface area contributed by atoms with Crippen LogP contribution in [0.5, 0.6) is 5.75 Å². The van der Waals surface area contributed by atoms with E-state index in [0.29, 0.717) is 11.3 Å². The Morgan fingerprint density at radius 2 is 1.39 bits per heavy atom. The van der Waals surface area contributed by atoms with E-state index in [1.807, 2.05) is 32.0 Å². The van der Waals surface area contributed by atoms with Crippen molar-refractivity contribution in [1.82, 2.24) is 0 Å². The van der Waals surface area contributed by atoms with Crippen molar-refractivity contribution >= 4 is 0 Å². The molecule has 0 amide bonds. The Morgan fingerprint density at radius 1 is 0.833 bits per heavy atom. The fourth-order valence-electron chi connectivity index (χ4n) is 1.88. The molecule has 0 saturated carbocycles. The van der Waals surface area contributed by atoms with Gasteiger partial charge in [0.1, 0.15) is 24.0 Å². The fourth-order valence-corrected chi connectivity index (χ4v) is 1.88. The van der Waals surface area contributed by atoms with Crippen molar-refractivity contribution in [2.45, 2.75) is 20.5 Å². The third-order valence-corrected chi connectivity index (χ3v) is 2.52. The zero-order valence-electron chi connectivity index (χ0n) is 10.3. The average Bonchev–Trinajstić information content (AvgIpc) is 2.23. The van der Waals surface area contributed by atoms with Crippen LogP contribution < -0.4 is 4.74 Å². The standard InChI is InChI=1S/C15H14F2O/c1-10-3-11(2)5-15(4-10)18-9-12-6-13(16)8-14(17)7-12/h3-8H,9H2,1-2H3. The Labute approximate surface area is 105 Å². The molecule has 0 aliphatic heterocycles. The van der Waals surface area contributed by atoms with Gasteiger partial charge >= 0.3 is 0 Å². The molecule has 0 unspecified atom stereocenters. The van der Waals surface area contributed by atoms with Crippen LogP contribution in [0, 0.1) is 25.5 Å². The topological polar surface area (TPSA) is 9.23 Å². The molecule has 0 aromatic heterocycles. The SMILES string of the molecule is Cc1cc(C)cc(OCc2cc(F)cc(F)c2)c1. The van der Waals surface area contributed by atoms with Crippen molar-refractivity contribution in [2.24, 2.45) is 0 Å². The number of ether oxygens (including phenoxy) is 1. The van der Waals surface area contributed by atoms with E-state index in [2.05, 4.69) is 0 Å². The lowest BCUT2D eigenvalue weighted by Crippen LogP contribution is -1.97. The second kappa shape index (κ2) is 5.17. The van der Waals surface area contributed by atoms with Gasteiger partial charge < -0.3 is 4.74 Å². The van der Waals surface area contributed by atoms with Crippen molar-refractivity contribution in [3.63, 3.8) is 0 Å². The van der Waals surface area contributed by atoms with E-state index < -0.39 is 11.6 Å². The number of hydrogen-bond acceptors (Lipinski definition) is 1. The molecule has 2 aromatic rings. The van der Waals surface area contributed by atoms with Gasteiger partial charge in [-0.15, -0.1) is 0 Å². The molecule has 2 rings (SSSR count). The van der Waals surface area contributed by atoms with Crippen LogP contribution in [0.4, 0.5) is 8.78 Å². The first-order valence-corrected chi connectivity index (χ1v) is 5.69. The van der Waals surface area contributed by atoms with Crippen molar-refractivity contribution in [2.75, 3.05) is 0 Å². The first-order chi connectivity index (χ1) is 8.52. The Bertz CT molecular complexity index is 472. The van der Waals surface area contributed by atoms with Gasteiger partial charge in [0, 0.05) is 6.07 Å². The lowest BCUT2D eigenvalue weighted by molar-refractivity contribution is 0.304. The van der Waals surface area contributed by atoms with Crippen molar-refractivity contribution in [1.29, 1.82) is 0 Å². The maximum atomic E-state index is 13.0. The molecule has 0 N–H and O–H groups in total. The summed E-state index contributed by atoms with van der Waals surface area (Å²) in [5.74, 6) is -0.472. The molecule has 0 aliphatic carbocycles. The molecule has 0 aliphatic rings. The second-order valence-corrected chi connectivity index (χ2v) is 4.39. The van der Waals surface area contributed by atoms with Gasteiger partial charge in [-0.2, -0.15) is 0 Å². The van der Waals surface area contributed by atoms with Crippen LogP contribution in [0.15, 0.2) is 36.4 Å². The summed E-state index contributed by atoms with van der Waals surface area (Å²) >= 11 is 0. The minimum absolute atomic E-state index is 0.150. The van der Waals surface area contributed by atoms with E-state index in [1.54, 1.807) is 0 Å². The largest absolute Gasteiger partial charge is 0.489 e. The lowest BCUT2D eigenvalue weighted by Gasteiger charge is -2.08. The molecule has 0 atom stereocenters. The summed E-state index contributed by atoms with van der Waals surface area (Å²) in [6, 6.07) is 9.21. The van der Waals surface area contributed by atoms with E-state index >= 15 is 0 Å². The van der Waals surface area contributed by atoms with Crippen LogP contribution in [-0.4, -0.2) is 0 Å². The molecular weight excluding hydrogens is 234 g/mol. The molecule has 0 saturated heterocycles. The average molecular weight is 248 g/mol. The molecule has 1 nitrogen and oxygen atoms in total. The molecule has 0 heterocycles. The predicted octanol–water partition coefficient (Wildman–Crippen LogP) is 4.16. The second-order valence-electron chi connectivity index (χ2n) is 4.39. The van der Waals surface area contributed by atoms with Crippen LogP contribution >= 0.6 is 0 Å². The molecule has 2 aromatic carbocycles. The molecule has 18 heavy (non-hydrogen) atoms. The van der Waals surface area contributed by atoms with E-state index in [-0.39, 0.29) is 6.61 Å². The molecule has 3 heteroatoms. The first-order valence-electron chi connectivity index (χ1n) is 5.69. The summed E-state index contributed by atoms with van der Waals surface area (Å²) in [6.45, 7) is 4.10. The minimum atomic E-state index is -0.589. The van der Waals surface area contributed by atoms with E-state index in [1.165, 1.54) is 12.1 Å². The number of aryl methyl sites for hydroxylation is 2. The molecule has 0 spiro atoms. The zero-order valence-corrected chi connectivity index (χ0v) is 10.3. The summed E-state index contributed by atoms with van der Waals surface area (Å²) in [5, 5.41) is 0. The summed E-state index contributed by atoms with van der Waals surface area (Å²) in [6.07, 6.45) is 0. The van der Waals surface area contributed by atoms with Crippen LogP contribution in [-0.2, 0) is 6.61 Å². The van der Waals surface area contributed by atoms with Gasteiger partial charge in [-0.3, -0.25) is 0 Å². The number of hydrogen-bond donors (Lipinski definition) is 0. The zero-order chi connectivity index (χ0) is 13.1. The molecular formula is C15H14F2O. The Morgan fingerprint density at radius 3 is 1.94 bits per heavy atom. The highest BCUT2D eigenvalue weighted by atomic mass is 19.1. The van der Waals surface area contributed by atoms with Crippen LogP contribution in [0.25, 0.3) is 0 Å². The Kier molecular flexibility index (Phi) is 3.60. The first kappa shape index (κ1) is 12.6. The van der Waals surface area contributed by atoms with Crippen LogP contribution in [0.1, 0.15) is 16.7 Å². The van der Waals surface area contributed by atoms with E-state index in [4.69, 9.17) is 4.74 Å². The summed E-state index contributed by atoms with van der Waals surface area (Å²) in [4.78, 5) is 0. The maximum Gasteiger partial charge on any atom is 0.126 e. The third kappa shape index (κ3) is 3.29. The maximum absolute atomic E-state index is 13.0. The molecule has 0 fully saturated rings. The van der Waals surface area contributed by atoms with Crippen LogP contribution in [0.3, 0.4) is 0 Å². The monoisotopic (exact) mass is 248 g/mol. The number of benzene rings is 2. The summed E-state index contributed by atoms with van der Waals surface area (Å²) in [7, 11) is 0. The van der Waals surface area contributed by atoms with Gasteiger partial charge in [0.05, 0.1) is 0 Å². The quantitative estimate of drug-likeness (QED) is 0.792. The summed E-state index contributed by atoms with van der Waals surface area (Å²) in [5.41, 5.74) is 2.66. The van der Waals surface area contributed by atoms with E-state index in [0.717, 1.165) is 17.2 Å². The predicted molar refractivity (Wildman–Crippen MR) is 66.6 cm³/mol. The normalized spacial score (nSPS) is 10.4. The van der Waals surface area contributed by atoms with Crippen molar-refractivity contribution in [3.8, 4) is 5.75 Å². The highest BCUT2D eigenvalue weighted by molar-refractivity contribution is 5.33. The van der Waals surface area contributed by atoms with E-state index in [9.17, 15) is 8.78 Å². The smallest absolute Gasteiger partial charge is 0.126 e. The lowest BCUT2D eigenvalue weighted by atomic mass is 10.1. The van der Waals surface area contributed by atoms with Gasteiger partial charge in [-0.05, 0) is 54.8 Å². The number of halogens is 2. The van der Waals surface area contributed by atoms with Gasteiger partial charge in [0.15, 0.2) is 0 Å². The van der Waals surface area contributed by atoms with Crippen LogP contribution in [0.2, 0.25) is 0 Å².